The maximum Gasteiger partial charge on any atom is 0.170 e. The predicted molar refractivity (Wildman–Crippen MR) is 56.7 cm³/mol. The highest BCUT2D eigenvalue weighted by atomic mass is 19.1. The quantitative estimate of drug-likeness (QED) is 0.858. The molecule has 0 spiro atoms. The zero-order valence-corrected chi connectivity index (χ0v) is 9.70. The number of methoxy groups -OCH3 is 3. The Labute approximate surface area is 93.6 Å². The van der Waals surface area contributed by atoms with E-state index in [4.69, 9.17) is 14.2 Å². The number of halogens is 1. The standard InChI is InChI=1S/C11H15FO4/c1-6(13)9-10(15-3)7(12)5-8(14-2)11(9)16-4/h5-6,13H,1-4H3. The minimum Gasteiger partial charge on any atom is -0.493 e. The molecule has 0 aliphatic carbocycles. The first-order valence-corrected chi connectivity index (χ1v) is 4.73. The molecule has 1 rings (SSSR count). The van der Waals surface area contributed by atoms with Crippen LogP contribution < -0.4 is 14.2 Å². The normalized spacial score (nSPS) is 12.1. The molecule has 0 radical (unpaired) electrons. The van der Waals surface area contributed by atoms with Crippen molar-refractivity contribution in [2.45, 2.75) is 13.0 Å². The van der Waals surface area contributed by atoms with E-state index in [1.807, 2.05) is 0 Å². The van der Waals surface area contributed by atoms with Gasteiger partial charge in [0.15, 0.2) is 23.1 Å². The second kappa shape index (κ2) is 5.03. The van der Waals surface area contributed by atoms with Crippen molar-refractivity contribution in [2.24, 2.45) is 0 Å². The fraction of sp³-hybridized carbons (Fsp3) is 0.455. The predicted octanol–water partition coefficient (Wildman–Crippen LogP) is 1.90. The Balaban J connectivity index is 3.53. The monoisotopic (exact) mass is 230 g/mol. The first kappa shape index (κ1) is 12.6. The summed E-state index contributed by atoms with van der Waals surface area (Å²) in [4.78, 5) is 0. The summed E-state index contributed by atoms with van der Waals surface area (Å²) in [5, 5.41) is 9.61. The van der Waals surface area contributed by atoms with Crippen LogP contribution in [0.25, 0.3) is 0 Å². The Hall–Kier alpha value is -1.49. The van der Waals surface area contributed by atoms with E-state index in [9.17, 15) is 9.50 Å². The van der Waals surface area contributed by atoms with Gasteiger partial charge in [-0.25, -0.2) is 4.39 Å². The van der Waals surface area contributed by atoms with Crippen molar-refractivity contribution in [2.75, 3.05) is 21.3 Å². The second-order valence-corrected chi connectivity index (χ2v) is 3.22. The van der Waals surface area contributed by atoms with Gasteiger partial charge in [-0.1, -0.05) is 0 Å². The van der Waals surface area contributed by atoms with Crippen molar-refractivity contribution in [1.29, 1.82) is 0 Å². The fourth-order valence-electron chi connectivity index (χ4n) is 1.56. The van der Waals surface area contributed by atoms with Crippen molar-refractivity contribution in [3.05, 3.63) is 17.4 Å². The summed E-state index contributed by atoms with van der Waals surface area (Å²) in [5.74, 6) is -0.142. The average Bonchev–Trinajstić information content (AvgIpc) is 2.27. The maximum absolute atomic E-state index is 13.6. The molecule has 0 bridgehead atoms. The third-order valence-corrected chi connectivity index (χ3v) is 2.23. The van der Waals surface area contributed by atoms with E-state index in [0.29, 0.717) is 0 Å². The molecule has 1 atom stereocenters. The molecular weight excluding hydrogens is 215 g/mol. The van der Waals surface area contributed by atoms with E-state index >= 15 is 0 Å². The van der Waals surface area contributed by atoms with Crippen molar-refractivity contribution in [3.63, 3.8) is 0 Å². The van der Waals surface area contributed by atoms with E-state index < -0.39 is 11.9 Å². The summed E-state index contributed by atoms with van der Waals surface area (Å²) < 4.78 is 28.6. The molecule has 0 saturated carbocycles. The lowest BCUT2D eigenvalue weighted by molar-refractivity contribution is 0.185. The van der Waals surface area contributed by atoms with Crippen LogP contribution in [0.3, 0.4) is 0 Å². The lowest BCUT2D eigenvalue weighted by atomic mass is 10.1. The van der Waals surface area contributed by atoms with Crippen LogP contribution in [0.5, 0.6) is 17.2 Å². The van der Waals surface area contributed by atoms with Crippen LogP contribution in [0.15, 0.2) is 6.07 Å². The van der Waals surface area contributed by atoms with Crippen molar-refractivity contribution in [1.82, 2.24) is 0 Å². The molecular formula is C11H15FO4. The fourth-order valence-corrected chi connectivity index (χ4v) is 1.56. The highest BCUT2D eigenvalue weighted by Gasteiger charge is 2.23. The van der Waals surface area contributed by atoms with Crippen LogP contribution in [0.2, 0.25) is 0 Å². The van der Waals surface area contributed by atoms with Gasteiger partial charge in [0.05, 0.1) is 33.0 Å². The van der Waals surface area contributed by atoms with E-state index in [-0.39, 0.29) is 22.8 Å². The molecule has 0 aromatic heterocycles. The summed E-state index contributed by atoms with van der Waals surface area (Å²) in [6.07, 6.45) is -0.922. The first-order chi connectivity index (χ1) is 7.56. The van der Waals surface area contributed by atoms with Crippen LogP contribution in [-0.4, -0.2) is 26.4 Å². The van der Waals surface area contributed by atoms with Gasteiger partial charge in [0.25, 0.3) is 0 Å². The smallest absolute Gasteiger partial charge is 0.170 e. The van der Waals surface area contributed by atoms with E-state index in [1.54, 1.807) is 0 Å². The minimum atomic E-state index is -0.922. The molecule has 0 fully saturated rings. The molecule has 90 valence electrons. The lowest BCUT2D eigenvalue weighted by Crippen LogP contribution is -2.04. The molecule has 0 aliphatic rings. The molecule has 1 aromatic rings. The number of ether oxygens (including phenoxy) is 3. The van der Waals surface area contributed by atoms with Crippen LogP contribution in [0.1, 0.15) is 18.6 Å². The number of aliphatic hydroxyl groups excluding tert-OH is 1. The third kappa shape index (κ3) is 2.04. The lowest BCUT2D eigenvalue weighted by Gasteiger charge is -2.18. The first-order valence-electron chi connectivity index (χ1n) is 4.73. The van der Waals surface area contributed by atoms with Crippen molar-refractivity contribution < 1.29 is 23.7 Å². The topological polar surface area (TPSA) is 47.9 Å². The third-order valence-electron chi connectivity index (χ3n) is 2.23. The molecule has 1 N–H and O–H groups in total. The molecule has 0 saturated heterocycles. The van der Waals surface area contributed by atoms with Gasteiger partial charge in [0.2, 0.25) is 0 Å². The van der Waals surface area contributed by atoms with Gasteiger partial charge in [0, 0.05) is 6.07 Å². The van der Waals surface area contributed by atoms with E-state index in [1.165, 1.54) is 28.3 Å². The average molecular weight is 230 g/mol. The van der Waals surface area contributed by atoms with Crippen LogP contribution in [-0.2, 0) is 0 Å². The zero-order valence-electron chi connectivity index (χ0n) is 9.70. The van der Waals surface area contributed by atoms with E-state index in [0.717, 1.165) is 6.07 Å². The Bertz CT molecular complexity index is 377. The molecule has 16 heavy (non-hydrogen) atoms. The Kier molecular flexibility index (Phi) is 3.95. The molecule has 5 heteroatoms. The Morgan fingerprint density at radius 2 is 1.69 bits per heavy atom. The van der Waals surface area contributed by atoms with E-state index in [2.05, 4.69) is 0 Å². The highest BCUT2D eigenvalue weighted by Crippen LogP contribution is 2.42. The summed E-state index contributed by atoms with van der Waals surface area (Å²) in [6.45, 7) is 1.50. The molecule has 4 nitrogen and oxygen atoms in total. The van der Waals surface area contributed by atoms with Crippen LogP contribution >= 0.6 is 0 Å². The number of rotatable bonds is 4. The SMILES string of the molecule is COc1cc(F)c(OC)c(C(C)O)c1OC. The van der Waals surface area contributed by atoms with Crippen LogP contribution in [0.4, 0.5) is 4.39 Å². The van der Waals surface area contributed by atoms with Gasteiger partial charge in [-0.05, 0) is 6.92 Å². The molecule has 0 amide bonds. The Morgan fingerprint density at radius 3 is 2.06 bits per heavy atom. The van der Waals surface area contributed by atoms with Gasteiger partial charge in [-0.15, -0.1) is 0 Å². The minimum absolute atomic E-state index is 0.0346. The summed E-state index contributed by atoms with van der Waals surface area (Å²) in [6, 6.07) is 1.16. The van der Waals surface area contributed by atoms with Crippen molar-refractivity contribution >= 4 is 0 Å². The van der Waals surface area contributed by atoms with Gasteiger partial charge in [0.1, 0.15) is 0 Å². The second-order valence-electron chi connectivity index (χ2n) is 3.22. The zero-order chi connectivity index (χ0) is 12.3. The molecule has 1 unspecified atom stereocenters. The highest BCUT2D eigenvalue weighted by molar-refractivity contribution is 5.55. The molecule has 0 aliphatic heterocycles. The van der Waals surface area contributed by atoms with Gasteiger partial charge >= 0.3 is 0 Å². The number of hydrogen-bond acceptors (Lipinski definition) is 4. The summed E-state index contributed by atoms with van der Waals surface area (Å²) >= 11 is 0. The maximum atomic E-state index is 13.6. The molecule has 0 heterocycles. The van der Waals surface area contributed by atoms with Crippen LogP contribution in [0, 0.1) is 5.82 Å². The van der Waals surface area contributed by atoms with Crippen molar-refractivity contribution in [3.8, 4) is 17.2 Å². The molecule has 1 aromatic carbocycles. The van der Waals surface area contributed by atoms with Gasteiger partial charge < -0.3 is 19.3 Å². The number of benzene rings is 1. The largest absolute Gasteiger partial charge is 0.493 e. The number of aliphatic hydroxyl groups is 1. The summed E-state index contributed by atoms with van der Waals surface area (Å²) in [5.41, 5.74) is 0.238. The summed E-state index contributed by atoms with van der Waals surface area (Å²) in [7, 11) is 4.15. The van der Waals surface area contributed by atoms with Gasteiger partial charge in [-0.3, -0.25) is 0 Å². The number of hydrogen-bond donors (Lipinski definition) is 1. The Morgan fingerprint density at radius 1 is 1.12 bits per heavy atom. The van der Waals surface area contributed by atoms with Gasteiger partial charge in [-0.2, -0.15) is 0 Å².